The molecular formula is C43H48BrN3O7. The number of likely N-dealkylation sites (tertiary alicyclic amines) is 1. The van der Waals surface area contributed by atoms with Gasteiger partial charge in [0.15, 0.2) is 0 Å². The Balaban J connectivity index is 1.40. The summed E-state index contributed by atoms with van der Waals surface area (Å²) >= 11 is 3.78. The first-order valence-corrected chi connectivity index (χ1v) is 19.4. The number of nitrogens with one attached hydrogen (secondary N) is 1. The molecule has 3 aliphatic heterocycles. The van der Waals surface area contributed by atoms with Gasteiger partial charge in [-0.05, 0) is 55.4 Å². The maximum atomic E-state index is 15.3. The van der Waals surface area contributed by atoms with E-state index in [0.717, 1.165) is 22.3 Å². The third-order valence-electron chi connectivity index (χ3n) is 11.0. The molecular weight excluding hydrogens is 750 g/mol. The van der Waals surface area contributed by atoms with Crippen LogP contribution in [0.2, 0.25) is 0 Å². The summed E-state index contributed by atoms with van der Waals surface area (Å²) in [5, 5.41) is 14.0. The van der Waals surface area contributed by atoms with Crippen LogP contribution in [0.3, 0.4) is 0 Å². The van der Waals surface area contributed by atoms with Gasteiger partial charge >= 0.3 is 5.97 Å². The van der Waals surface area contributed by atoms with Gasteiger partial charge in [0, 0.05) is 23.5 Å². The standard InChI is InChI=1S/C43H48BrN3O7/c1-5-7-21-34(49)53-26-33(30-19-12-9-13-20-30)45-40(50)35-36-41(51)47(31(25-48)23-29-17-10-8-11-18-29)39(43(36)24-32(44)38(35)54-43)42(52)46(22-6-2)37-27(3)15-14-16-28(37)4/h5-6,8-20,31-33,35-36,38-39,48H,1-2,7,21-26H2,3-4H3,(H,45,50)/t31-,32?,33+,35+,36-,38+,39+,43-/m1/s1. The number of halogens is 1. The number of carbonyl (C=O) groups is 4. The summed E-state index contributed by atoms with van der Waals surface area (Å²) in [6.07, 6.45) is 3.77. The Morgan fingerprint density at radius 1 is 1.04 bits per heavy atom. The Morgan fingerprint density at radius 3 is 2.33 bits per heavy atom. The Morgan fingerprint density at radius 2 is 1.70 bits per heavy atom. The number of alkyl halides is 1. The van der Waals surface area contributed by atoms with E-state index in [9.17, 15) is 14.7 Å². The van der Waals surface area contributed by atoms with Crippen molar-refractivity contribution in [2.75, 3.05) is 24.7 Å². The van der Waals surface area contributed by atoms with Crippen LogP contribution < -0.4 is 10.2 Å². The molecule has 1 spiro atoms. The number of aliphatic hydroxyl groups excluding tert-OH is 1. The van der Waals surface area contributed by atoms with Crippen molar-refractivity contribution in [1.29, 1.82) is 0 Å². The smallest absolute Gasteiger partial charge is 0.306 e. The average molecular weight is 799 g/mol. The lowest BCUT2D eigenvalue weighted by atomic mass is 9.70. The number of benzene rings is 3. The predicted octanol–water partition coefficient (Wildman–Crippen LogP) is 5.54. The van der Waals surface area contributed by atoms with Crippen molar-refractivity contribution in [3.63, 3.8) is 0 Å². The second-order valence-corrected chi connectivity index (χ2v) is 15.6. The van der Waals surface area contributed by atoms with Gasteiger partial charge in [-0.15, -0.1) is 13.2 Å². The summed E-state index contributed by atoms with van der Waals surface area (Å²) in [6.45, 7) is 11.1. The van der Waals surface area contributed by atoms with Crippen LogP contribution in [0.1, 0.15) is 47.6 Å². The van der Waals surface area contributed by atoms with Gasteiger partial charge < -0.3 is 29.7 Å². The molecule has 3 aromatic carbocycles. The van der Waals surface area contributed by atoms with Gasteiger partial charge in [-0.3, -0.25) is 19.2 Å². The quantitative estimate of drug-likeness (QED) is 0.111. The maximum absolute atomic E-state index is 15.3. The van der Waals surface area contributed by atoms with Gasteiger partial charge in [0.25, 0.3) is 5.91 Å². The van der Waals surface area contributed by atoms with Gasteiger partial charge in [-0.25, -0.2) is 0 Å². The molecule has 8 atom stereocenters. The van der Waals surface area contributed by atoms with Gasteiger partial charge in [0.2, 0.25) is 11.8 Å². The molecule has 6 rings (SSSR count). The zero-order valence-corrected chi connectivity index (χ0v) is 32.3. The van der Waals surface area contributed by atoms with Crippen LogP contribution in [0.15, 0.2) is 104 Å². The first-order valence-electron chi connectivity index (χ1n) is 18.4. The zero-order chi connectivity index (χ0) is 38.6. The highest BCUT2D eigenvalue weighted by Crippen LogP contribution is 2.61. The zero-order valence-electron chi connectivity index (χ0n) is 30.7. The summed E-state index contributed by atoms with van der Waals surface area (Å²) in [6, 6.07) is 21.8. The van der Waals surface area contributed by atoms with Crippen molar-refractivity contribution in [1.82, 2.24) is 10.2 Å². The minimum Gasteiger partial charge on any atom is -0.463 e. The highest BCUT2D eigenvalue weighted by molar-refractivity contribution is 9.09. The number of allylic oxidation sites excluding steroid dienone is 1. The minimum atomic E-state index is -1.38. The van der Waals surface area contributed by atoms with Crippen molar-refractivity contribution >= 4 is 45.3 Å². The molecule has 3 aromatic rings. The molecule has 3 heterocycles. The van der Waals surface area contributed by atoms with Crippen LogP contribution in [0.5, 0.6) is 0 Å². The average Bonchev–Trinajstić information content (AvgIpc) is 3.77. The summed E-state index contributed by atoms with van der Waals surface area (Å²) in [5.74, 6) is -3.66. The molecule has 3 amide bonds. The molecule has 3 fully saturated rings. The summed E-state index contributed by atoms with van der Waals surface area (Å²) < 4.78 is 12.4. The van der Waals surface area contributed by atoms with Crippen LogP contribution in [-0.2, 0) is 35.1 Å². The Bertz CT molecular complexity index is 1850. The van der Waals surface area contributed by atoms with Crippen molar-refractivity contribution < 1.29 is 33.8 Å². The van der Waals surface area contributed by atoms with Gasteiger partial charge in [-0.1, -0.05) is 107 Å². The van der Waals surface area contributed by atoms with E-state index in [0.29, 0.717) is 18.5 Å². The number of nitrogens with zero attached hydrogens (tertiary/aromatic N) is 2. The number of aliphatic hydroxyl groups is 1. The lowest BCUT2D eigenvalue weighted by Crippen LogP contribution is -2.59. The molecule has 0 saturated carbocycles. The highest BCUT2D eigenvalue weighted by atomic mass is 79.9. The Kier molecular flexibility index (Phi) is 12.2. The molecule has 0 aliphatic carbocycles. The molecule has 10 nitrogen and oxygen atoms in total. The summed E-state index contributed by atoms with van der Waals surface area (Å²) in [5.41, 5.74) is 2.69. The summed E-state index contributed by atoms with van der Waals surface area (Å²) in [4.78, 5) is 60.3. The number of para-hydroxylation sites is 1. The predicted molar refractivity (Wildman–Crippen MR) is 210 cm³/mol. The fourth-order valence-corrected chi connectivity index (χ4v) is 9.56. The van der Waals surface area contributed by atoms with E-state index < -0.39 is 66.1 Å². The minimum absolute atomic E-state index is 0.116. The van der Waals surface area contributed by atoms with E-state index in [1.807, 2.05) is 92.7 Å². The van der Waals surface area contributed by atoms with Gasteiger partial charge in [0.05, 0.1) is 36.6 Å². The Labute approximate surface area is 325 Å². The van der Waals surface area contributed by atoms with E-state index in [2.05, 4.69) is 34.4 Å². The van der Waals surface area contributed by atoms with Crippen molar-refractivity contribution in [3.05, 3.63) is 126 Å². The first-order chi connectivity index (χ1) is 26.1. The van der Waals surface area contributed by atoms with Crippen LogP contribution >= 0.6 is 15.9 Å². The second-order valence-electron chi connectivity index (χ2n) is 14.4. The fraction of sp³-hybridized carbons (Fsp3) is 0.395. The largest absolute Gasteiger partial charge is 0.463 e. The number of hydrogen-bond donors (Lipinski definition) is 2. The molecule has 2 bridgehead atoms. The number of anilines is 1. The molecule has 11 heteroatoms. The normalized spacial score (nSPS) is 25.1. The lowest BCUT2D eigenvalue weighted by molar-refractivity contribution is -0.146. The molecule has 3 aliphatic rings. The van der Waals surface area contributed by atoms with Crippen molar-refractivity contribution in [2.45, 2.75) is 74.2 Å². The number of esters is 1. The van der Waals surface area contributed by atoms with E-state index in [1.165, 1.54) is 4.90 Å². The van der Waals surface area contributed by atoms with E-state index in [4.69, 9.17) is 9.47 Å². The van der Waals surface area contributed by atoms with Gasteiger partial charge in [-0.2, -0.15) is 0 Å². The summed E-state index contributed by atoms with van der Waals surface area (Å²) in [7, 11) is 0. The third kappa shape index (κ3) is 7.41. The second kappa shape index (κ2) is 16.8. The molecule has 54 heavy (non-hydrogen) atoms. The number of ether oxygens (including phenoxy) is 2. The number of hydrogen-bond acceptors (Lipinski definition) is 7. The van der Waals surface area contributed by atoms with Crippen LogP contribution in [0, 0.1) is 25.7 Å². The lowest BCUT2D eigenvalue weighted by Gasteiger charge is -2.40. The molecule has 3 saturated heterocycles. The molecule has 284 valence electrons. The monoisotopic (exact) mass is 797 g/mol. The first kappa shape index (κ1) is 39.1. The van der Waals surface area contributed by atoms with Crippen molar-refractivity contribution in [3.8, 4) is 0 Å². The topological polar surface area (TPSA) is 125 Å². The van der Waals surface area contributed by atoms with Crippen LogP contribution in [0.25, 0.3) is 0 Å². The number of rotatable bonds is 16. The highest BCUT2D eigenvalue weighted by Gasteiger charge is 2.77. The Hall–Kier alpha value is -4.58. The number of carbonyl (C=O) groups excluding carboxylic acids is 4. The van der Waals surface area contributed by atoms with E-state index in [1.54, 1.807) is 17.1 Å². The molecule has 1 unspecified atom stereocenters. The number of aryl methyl sites for hydroxylation is 2. The molecule has 2 N–H and O–H groups in total. The number of amides is 3. The maximum Gasteiger partial charge on any atom is 0.306 e. The van der Waals surface area contributed by atoms with E-state index >= 15 is 9.59 Å². The SMILES string of the molecule is C=CCCC(=O)OC[C@H](NC(=O)[C@@H]1[C@H]2O[C@@]3(CC2Br)[C@H](C(=O)N(CC=C)c2c(C)cccc2C)N([C@@H](CO)Cc2ccccc2)C(=O)[C@@H]13)c1ccccc1. The van der Waals surface area contributed by atoms with Crippen LogP contribution in [0.4, 0.5) is 5.69 Å². The molecule has 0 aromatic heterocycles. The van der Waals surface area contributed by atoms with Crippen molar-refractivity contribution in [2.24, 2.45) is 11.8 Å². The van der Waals surface area contributed by atoms with E-state index in [-0.39, 0.29) is 36.7 Å². The van der Waals surface area contributed by atoms with Crippen LogP contribution in [-0.4, -0.2) is 82.1 Å². The number of fused-ring (bicyclic) bond motifs is 1. The molecule has 0 radical (unpaired) electrons. The third-order valence-corrected chi connectivity index (χ3v) is 11.8. The van der Waals surface area contributed by atoms with Gasteiger partial charge in [0.1, 0.15) is 18.2 Å². The fourth-order valence-electron chi connectivity index (χ4n) is 8.62.